The molecule has 0 aromatic carbocycles. The summed E-state index contributed by atoms with van der Waals surface area (Å²) in [5, 5.41) is 2.41. The first kappa shape index (κ1) is 11.2. The van der Waals surface area contributed by atoms with Gasteiger partial charge in [-0.2, -0.15) is 0 Å². The van der Waals surface area contributed by atoms with Crippen LogP contribution in [0.2, 0.25) is 0 Å². The van der Waals surface area contributed by atoms with Gasteiger partial charge in [-0.3, -0.25) is 9.78 Å². The summed E-state index contributed by atoms with van der Waals surface area (Å²) in [6.45, 7) is 0. The van der Waals surface area contributed by atoms with Gasteiger partial charge in [-0.05, 0) is 23.8 Å². The molecule has 0 aliphatic rings. The van der Waals surface area contributed by atoms with Crippen LogP contribution < -0.4 is 5.32 Å². The maximum absolute atomic E-state index is 13.2. The van der Waals surface area contributed by atoms with E-state index >= 15 is 0 Å². The van der Waals surface area contributed by atoms with Gasteiger partial charge < -0.3 is 5.32 Å². The number of halogens is 1. The van der Waals surface area contributed by atoms with Gasteiger partial charge in [-0.25, -0.2) is 9.37 Å². The number of carbonyl (C=O) groups is 1. The largest absolute Gasteiger partial charge is 0.308 e. The predicted molar refractivity (Wildman–Crippen MR) is 60.8 cm³/mol. The molecule has 0 saturated carbocycles. The van der Waals surface area contributed by atoms with Gasteiger partial charge in [0.05, 0.1) is 6.42 Å². The minimum absolute atomic E-state index is 0.0543. The number of carbonyl (C=O) groups excluding carboxylic acids is 1. The van der Waals surface area contributed by atoms with Crippen LogP contribution in [-0.4, -0.2) is 15.9 Å². The molecule has 0 aliphatic heterocycles. The molecule has 0 saturated heterocycles. The topological polar surface area (TPSA) is 54.9 Å². The third-order valence-corrected chi connectivity index (χ3v) is 2.10. The van der Waals surface area contributed by atoms with E-state index in [0.29, 0.717) is 0 Å². The van der Waals surface area contributed by atoms with Crippen molar-refractivity contribution in [1.82, 2.24) is 9.97 Å². The van der Waals surface area contributed by atoms with E-state index in [1.165, 1.54) is 18.3 Å². The Labute approximate surface area is 97.5 Å². The Morgan fingerprint density at radius 2 is 2.12 bits per heavy atom. The van der Waals surface area contributed by atoms with Crippen molar-refractivity contribution in [2.24, 2.45) is 0 Å². The van der Waals surface area contributed by atoms with Crippen LogP contribution in [0.1, 0.15) is 5.56 Å². The highest BCUT2D eigenvalue weighted by Gasteiger charge is 2.08. The lowest BCUT2D eigenvalue weighted by Crippen LogP contribution is -2.16. The van der Waals surface area contributed by atoms with E-state index in [1.54, 1.807) is 24.5 Å². The standard InChI is InChI=1S/C12H10FN3O/c13-10-4-2-6-15-12(10)16-11(17)7-9-3-1-5-14-8-9/h1-6,8H,7H2,(H,15,16,17). The highest BCUT2D eigenvalue weighted by molar-refractivity contribution is 5.91. The monoisotopic (exact) mass is 231 g/mol. The van der Waals surface area contributed by atoms with Crippen LogP contribution in [0.15, 0.2) is 42.9 Å². The number of hydrogen-bond acceptors (Lipinski definition) is 3. The maximum atomic E-state index is 13.2. The first-order valence-electron chi connectivity index (χ1n) is 5.05. The van der Waals surface area contributed by atoms with Gasteiger partial charge in [0.15, 0.2) is 11.6 Å². The minimum atomic E-state index is -0.549. The van der Waals surface area contributed by atoms with Gasteiger partial charge in [-0.15, -0.1) is 0 Å². The Balaban J connectivity index is 2.01. The second-order valence-corrected chi connectivity index (χ2v) is 3.42. The van der Waals surface area contributed by atoms with Crippen molar-refractivity contribution in [1.29, 1.82) is 0 Å². The van der Waals surface area contributed by atoms with Crippen LogP contribution in [0.5, 0.6) is 0 Å². The zero-order chi connectivity index (χ0) is 12.1. The lowest BCUT2D eigenvalue weighted by molar-refractivity contribution is -0.115. The molecule has 2 aromatic heterocycles. The number of pyridine rings is 2. The second-order valence-electron chi connectivity index (χ2n) is 3.42. The molecule has 2 rings (SSSR count). The molecule has 0 spiro atoms. The van der Waals surface area contributed by atoms with Crippen LogP contribution in [-0.2, 0) is 11.2 Å². The molecule has 1 N–H and O–H groups in total. The van der Waals surface area contributed by atoms with E-state index < -0.39 is 5.82 Å². The van der Waals surface area contributed by atoms with Crippen LogP contribution in [0.25, 0.3) is 0 Å². The summed E-state index contributed by atoms with van der Waals surface area (Å²) in [7, 11) is 0. The van der Waals surface area contributed by atoms with Gasteiger partial charge in [0, 0.05) is 18.6 Å². The van der Waals surface area contributed by atoms with E-state index in [-0.39, 0.29) is 18.1 Å². The Bertz CT molecular complexity index is 516. The summed E-state index contributed by atoms with van der Waals surface area (Å²) >= 11 is 0. The highest BCUT2D eigenvalue weighted by atomic mass is 19.1. The number of rotatable bonds is 3. The maximum Gasteiger partial charge on any atom is 0.230 e. The summed E-state index contributed by atoms with van der Waals surface area (Å²) in [6, 6.07) is 6.23. The van der Waals surface area contributed by atoms with Crippen LogP contribution in [0.4, 0.5) is 10.2 Å². The average Bonchev–Trinajstić information content (AvgIpc) is 2.33. The molecule has 4 nitrogen and oxygen atoms in total. The molecule has 1 amide bonds. The summed E-state index contributed by atoms with van der Waals surface area (Å²) in [5.41, 5.74) is 0.765. The molecule has 2 aromatic rings. The normalized spacial score (nSPS) is 9.94. The summed E-state index contributed by atoms with van der Waals surface area (Å²) in [5.74, 6) is -0.927. The zero-order valence-electron chi connectivity index (χ0n) is 8.93. The predicted octanol–water partition coefficient (Wildman–Crippen LogP) is 1.80. The number of nitrogens with one attached hydrogen (secondary N) is 1. The Kier molecular flexibility index (Phi) is 3.40. The SMILES string of the molecule is O=C(Cc1cccnc1)Nc1ncccc1F. The molecule has 5 heteroatoms. The Morgan fingerprint density at radius 1 is 1.29 bits per heavy atom. The van der Waals surface area contributed by atoms with Crippen molar-refractivity contribution in [3.8, 4) is 0 Å². The molecule has 2 heterocycles. The van der Waals surface area contributed by atoms with Crippen molar-refractivity contribution in [2.45, 2.75) is 6.42 Å². The van der Waals surface area contributed by atoms with Crippen molar-refractivity contribution in [3.05, 3.63) is 54.2 Å². The van der Waals surface area contributed by atoms with E-state index in [1.807, 2.05) is 0 Å². The zero-order valence-corrected chi connectivity index (χ0v) is 8.93. The van der Waals surface area contributed by atoms with Gasteiger partial charge in [0.25, 0.3) is 0 Å². The molecule has 17 heavy (non-hydrogen) atoms. The molecule has 0 fully saturated rings. The van der Waals surface area contributed by atoms with Crippen molar-refractivity contribution in [3.63, 3.8) is 0 Å². The van der Waals surface area contributed by atoms with Crippen molar-refractivity contribution >= 4 is 11.7 Å². The van der Waals surface area contributed by atoms with Crippen LogP contribution in [0, 0.1) is 5.82 Å². The number of aromatic nitrogens is 2. The quantitative estimate of drug-likeness (QED) is 0.876. The third-order valence-electron chi connectivity index (χ3n) is 2.10. The Morgan fingerprint density at radius 3 is 2.82 bits per heavy atom. The highest BCUT2D eigenvalue weighted by Crippen LogP contribution is 2.09. The molecular weight excluding hydrogens is 221 g/mol. The second kappa shape index (κ2) is 5.16. The van der Waals surface area contributed by atoms with E-state index in [0.717, 1.165) is 5.56 Å². The molecular formula is C12H10FN3O. The summed E-state index contributed by atoms with van der Waals surface area (Å²) < 4.78 is 13.2. The van der Waals surface area contributed by atoms with Crippen molar-refractivity contribution < 1.29 is 9.18 Å². The smallest absolute Gasteiger partial charge is 0.230 e. The lowest BCUT2D eigenvalue weighted by Gasteiger charge is -2.04. The number of amides is 1. The molecule has 0 radical (unpaired) electrons. The molecule has 0 unspecified atom stereocenters. The van der Waals surface area contributed by atoms with Gasteiger partial charge in [0.2, 0.25) is 5.91 Å². The fourth-order valence-electron chi connectivity index (χ4n) is 1.34. The molecule has 0 aliphatic carbocycles. The van der Waals surface area contributed by atoms with E-state index in [2.05, 4.69) is 15.3 Å². The number of nitrogens with zero attached hydrogens (tertiary/aromatic N) is 2. The fraction of sp³-hybridized carbons (Fsp3) is 0.0833. The van der Waals surface area contributed by atoms with Gasteiger partial charge >= 0.3 is 0 Å². The van der Waals surface area contributed by atoms with Gasteiger partial charge in [-0.1, -0.05) is 6.07 Å². The fourth-order valence-corrected chi connectivity index (χ4v) is 1.34. The summed E-state index contributed by atoms with van der Waals surface area (Å²) in [6.07, 6.45) is 4.78. The molecule has 0 atom stereocenters. The number of hydrogen-bond donors (Lipinski definition) is 1. The average molecular weight is 231 g/mol. The summed E-state index contributed by atoms with van der Waals surface area (Å²) in [4.78, 5) is 19.2. The third kappa shape index (κ3) is 3.07. The van der Waals surface area contributed by atoms with Crippen LogP contribution in [0.3, 0.4) is 0 Å². The van der Waals surface area contributed by atoms with Crippen LogP contribution >= 0.6 is 0 Å². The lowest BCUT2D eigenvalue weighted by atomic mass is 10.2. The molecule has 0 bridgehead atoms. The first-order valence-corrected chi connectivity index (χ1v) is 5.05. The van der Waals surface area contributed by atoms with Gasteiger partial charge in [0.1, 0.15) is 0 Å². The van der Waals surface area contributed by atoms with E-state index in [9.17, 15) is 9.18 Å². The first-order chi connectivity index (χ1) is 8.25. The Hall–Kier alpha value is -2.30. The number of anilines is 1. The minimum Gasteiger partial charge on any atom is -0.308 e. The van der Waals surface area contributed by atoms with Crippen molar-refractivity contribution in [2.75, 3.05) is 5.32 Å². The molecule has 86 valence electrons. The van der Waals surface area contributed by atoms with E-state index in [4.69, 9.17) is 0 Å².